The average molecular weight is 602 g/mol. The summed E-state index contributed by atoms with van der Waals surface area (Å²) in [7, 11) is 1.69. The summed E-state index contributed by atoms with van der Waals surface area (Å²) in [5.74, 6) is 2.52. The van der Waals surface area contributed by atoms with E-state index in [4.69, 9.17) is 18.9 Å². The summed E-state index contributed by atoms with van der Waals surface area (Å²) < 4.78 is 21.8. The molecule has 0 saturated heterocycles. The molecule has 0 bridgehead atoms. The molecule has 5 rings (SSSR count). The van der Waals surface area contributed by atoms with Gasteiger partial charge >= 0.3 is 0 Å². The molecule has 0 saturated carbocycles. The van der Waals surface area contributed by atoms with Crippen LogP contribution in [0.5, 0.6) is 11.5 Å². The highest BCUT2D eigenvalue weighted by Crippen LogP contribution is 2.30. The fraction of sp³-hybridized carbons (Fsp3) is 0.400. The van der Waals surface area contributed by atoms with E-state index in [2.05, 4.69) is 63.4 Å². The average Bonchev–Trinajstić information content (AvgIpc) is 3.62. The number of rotatable bonds is 9. The van der Waals surface area contributed by atoms with Gasteiger partial charge in [-0.15, -0.1) is 11.8 Å². The van der Waals surface area contributed by atoms with Crippen molar-refractivity contribution in [2.45, 2.75) is 50.0 Å². The van der Waals surface area contributed by atoms with Gasteiger partial charge in [-0.1, -0.05) is 49.7 Å². The number of hydrogen-bond acceptors (Lipinski definition) is 7. The Hall–Kier alpha value is -2.55. The molecular weight excluding hydrogens is 564 g/mol. The van der Waals surface area contributed by atoms with Gasteiger partial charge in [-0.05, 0) is 77.3 Å². The zero-order chi connectivity index (χ0) is 27.0. The second kappa shape index (κ2) is 17.1. The smallest absolute Gasteiger partial charge is 0.231 e. The zero-order valence-electron chi connectivity index (χ0n) is 22.4. The lowest BCUT2D eigenvalue weighted by Crippen LogP contribution is -2.12. The van der Waals surface area contributed by atoms with Crippen LogP contribution in [-0.4, -0.2) is 50.3 Å². The first kappa shape index (κ1) is 30.0. The Labute approximate surface area is 239 Å². The molecule has 2 aromatic carbocycles. The molecule has 3 heterocycles. The Kier molecular flexibility index (Phi) is 13.5. The third kappa shape index (κ3) is 10.3. The lowest BCUT2D eigenvalue weighted by molar-refractivity contribution is 0.164. The highest BCUT2D eigenvalue weighted by atomic mass is 79.9. The van der Waals surface area contributed by atoms with Crippen LogP contribution in [0.3, 0.4) is 0 Å². The van der Waals surface area contributed by atoms with Crippen LogP contribution in [0.2, 0.25) is 0 Å². The Morgan fingerprint density at radius 2 is 1.63 bits per heavy atom. The largest absolute Gasteiger partial charge is 0.479 e. The lowest BCUT2D eigenvalue weighted by Gasteiger charge is -2.06. The van der Waals surface area contributed by atoms with E-state index in [1.807, 2.05) is 42.5 Å². The number of aliphatic imine (C=N–C) groups is 1. The van der Waals surface area contributed by atoms with Crippen molar-refractivity contribution in [3.63, 3.8) is 0 Å². The summed E-state index contributed by atoms with van der Waals surface area (Å²) in [5.41, 5.74) is 2.36. The third-order valence-corrected chi connectivity index (χ3v) is 7.19. The molecule has 2 aliphatic heterocycles. The summed E-state index contributed by atoms with van der Waals surface area (Å²) >= 11 is 5.34. The zero-order valence-corrected chi connectivity index (χ0v) is 24.8. The molecule has 0 spiro atoms. The standard InChI is InChI=1S/C16H23BrN2O2.C7H6O2.C7H8S/c1-3-4-5-13-8-6-12(16(17)19-13)7-9-15-18-14(10-20-2)11-21-15;1-2-4-7-6(3-1)8-5-9-7;1-8-7-5-3-2-4-6-7/h6,8,14H,3-5,7,9-11H2,1-2H3;1-4H,5H2;2-6H,1H3/t14-;;/m0../s1. The van der Waals surface area contributed by atoms with E-state index >= 15 is 0 Å². The molecular formula is C30H37BrN2O4S. The van der Waals surface area contributed by atoms with Crippen LogP contribution < -0.4 is 9.47 Å². The van der Waals surface area contributed by atoms with Crippen molar-refractivity contribution < 1.29 is 18.9 Å². The van der Waals surface area contributed by atoms with Crippen LogP contribution in [0.15, 0.2) is 81.2 Å². The number of methoxy groups -OCH3 is 1. The number of unbranched alkanes of at least 4 members (excludes halogenated alkanes) is 1. The molecule has 0 unspecified atom stereocenters. The number of nitrogens with zero attached hydrogens (tertiary/aromatic N) is 2. The normalized spacial score (nSPS) is 14.9. The first-order chi connectivity index (χ1) is 18.6. The number of thioether (sulfide) groups is 1. The highest BCUT2D eigenvalue weighted by molar-refractivity contribution is 9.10. The van der Waals surface area contributed by atoms with E-state index in [1.54, 1.807) is 18.9 Å². The van der Waals surface area contributed by atoms with Crippen molar-refractivity contribution in [2.75, 3.05) is 33.4 Å². The fourth-order valence-electron chi connectivity index (χ4n) is 3.71. The van der Waals surface area contributed by atoms with Crippen LogP contribution in [0.4, 0.5) is 0 Å². The molecule has 3 aromatic rings. The van der Waals surface area contributed by atoms with Gasteiger partial charge in [0.2, 0.25) is 6.79 Å². The van der Waals surface area contributed by atoms with E-state index < -0.39 is 0 Å². The van der Waals surface area contributed by atoms with Gasteiger partial charge in [-0.25, -0.2) is 9.98 Å². The van der Waals surface area contributed by atoms with Crippen molar-refractivity contribution in [1.29, 1.82) is 0 Å². The Morgan fingerprint density at radius 3 is 2.24 bits per heavy atom. The van der Waals surface area contributed by atoms with Gasteiger partial charge in [0, 0.05) is 24.1 Å². The second-order valence-electron chi connectivity index (χ2n) is 8.67. The summed E-state index contributed by atoms with van der Waals surface area (Å²) in [6.45, 7) is 3.82. The molecule has 0 amide bonds. The quantitative estimate of drug-likeness (QED) is 0.188. The number of benzene rings is 2. The minimum absolute atomic E-state index is 0.156. The minimum atomic E-state index is 0.156. The maximum atomic E-state index is 5.59. The molecule has 38 heavy (non-hydrogen) atoms. The van der Waals surface area contributed by atoms with Gasteiger partial charge in [0.1, 0.15) is 17.3 Å². The van der Waals surface area contributed by atoms with Crippen molar-refractivity contribution in [3.8, 4) is 11.5 Å². The molecule has 1 atom stereocenters. The number of fused-ring (bicyclic) bond motifs is 1. The third-order valence-electron chi connectivity index (χ3n) is 5.76. The summed E-state index contributed by atoms with van der Waals surface area (Å²) in [6.07, 6.45) is 7.21. The van der Waals surface area contributed by atoms with Gasteiger partial charge in [-0.3, -0.25) is 0 Å². The number of pyridine rings is 1. The van der Waals surface area contributed by atoms with Crippen LogP contribution >= 0.6 is 27.7 Å². The Morgan fingerprint density at radius 1 is 0.921 bits per heavy atom. The molecule has 6 nitrogen and oxygen atoms in total. The molecule has 8 heteroatoms. The summed E-state index contributed by atoms with van der Waals surface area (Å²) in [4.78, 5) is 10.5. The number of ether oxygens (including phenoxy) is 4. The molecule has 0 N–H and O–H groups in total. The number of aryl methyl sites for hydroxylation is 2. The van der Waals surface area contributed by atoms with Crippen LogP contribution in [0.1, 0.15) is 37.4 Å². The van der Waals surface area contributed by atoms with Gasteiger partial charge in [-0.2, -0.15) is 0 Å². The predicted molar refractivity (Wildman–Crippen MR) is 159 cm³/mol. The minimum Gasteiger partial charge on any atom is -0.479 e. The number of hydrogen-bond donors (Lipinski definition) is 0. The van der Waals surface area contributed by atoms with E-state index in [1.165, 1.54) is 23.3 Å². The lowest BCUT2D eigenvalue weighted by atomic mass is 10.1. The van der Waals surface area contributed by atoms with Crippen LogP contribution in [-0.2, 0) is 22.3 Å². The topological polar surface area (TPSA) is 62.2 Å². The van der Waals surface area contributed by atoms with Gasteiger partial charge in [0.05, 0.1) is 6.61 Å². The van der Waals surface area contributed by atoms with E-state index in [0.29, 0.717) is 20.0 Å². The molecule has 1 aromatic heterocycles. The predicted octanol–water partition coefficient (Wildman–Crippen LogP) is 7.39. The highest BCUT2D eigenvalue weighted by Gasteiger charge is 2.18. The van der Waals surface area contributed by atoms with Gasteiger partial charge in [0.15, 0.2) is 17.4 Å². The first-order valence-corrected chi connectivity index (χ1v) is 14.9. The van der Waals surface area contributed by atoms with E-state index in [9.17, 15) is 0 Å². The van der Waals surface area contributed by atoms with Crippen LogP contribution in [0, 0.1) is 0 Å². The molecule has 0 fully saturated rings. The molecule has 204 valence electrons. The Bertz CT molecular complexity index is 1110. The van der Waals surface area contributed by atoms with Gasteiger partial charge in [0.25, 0.3) is 0 Å². The maximum absolute atomic E-state index is 5.59. The molecule has 0 radical (unpaired) electrons. The number of halogens is 1. The van der Waals surface area contributed by atoms with Crippen molar-refractivity contribution >= 4 is 33.6 Å². The van der Waals surface area contributed by atoms with E-state index in [-0.39, 0.29) is 6.04 Å². The van der Waals surface area contributed by atoms with Crippen molar-refractivity contribution in [1.82, 2.24) is 4.98 Å². The first-order valence-electron chi connectivity index (χ1n) is 12.9. The SMILES string of the molecule is CCCCc1ccc(CCC2=N[C@@H](COC)CO2)c(Br)n1.CSc1ccccc1.c1ccc2c(c1)OCO2. The number of para-hydroxylation sites is 2. The second-order valence-corrected chi connectivity index (χ2v) is 10.3. The van der Waals surface area contributed by atoms with Crippen molar-refractivity contribution in [3.05, 3.63) is 82.6 Å². The summed E-state index contributed by atoms with van der Waals surface area (Å²) in [6, 6.07) is 22.4. The Balaban J connectivity index is 0.000000191. The summed E-state index contributed by atoms with van der Waals surface area (Å²) in [5, 5.41) is 0. The molecule has 0 aliphatic carbocycles. The van der Waals surface area contributed by atoms with Gasteiger partial charge < -0.3 is 18.9 Å². The van der Waals surface area contributed by atoms with Crippen molar-refractivity contribution in [2.24, 2.45) is 4.99 Å². The number of aromatic nitrogens is 1. The van der Waals surface area contributed by atoms with E-state index in [0.717, 1.165) is 47.0 Å². The maximum Gasteiger partial charge on any atom is 0.231 e. The van der Waals surface area contributed by atoms with Crippen LogP contribution in [0.25, 0.3) is 0 Å². The monoisotopic (exact) mass is 600 g/mol. The fourth-order valence-corrected chi connectivity index (χ4v) is 4.70. The molecule has 2 aliphatic rings.